The molecule has 0 spiro atoms. The molecule has 0 saturated heterocycles. The first-order valence-electron chi connectivity index (χ1n) is 3.18. The van der Waals surface area contributed by atoms with Gasteiger partial charge in [0.05, 0.1) is 6.20 Å². The molecule has 11 heavy (non-hydrogen) atoms. The summed E-state index contributed by atoms with van der Waals surface area (Å²) in [5.41, 5.74) is 0.316. The van der Waals surface area contributed by atoms with Crippen molar-refractivity contribution in [3.8, 4) is 0 Å². The van der Waals surface area contributed by atoms with Crippen molar-refractivity contribution in [2.75, 3.05) is 6.54 Å². The van der Waals surface area contributed by atoms with Crippen LogP contribution in [0.4, 0.5) is 0 Å². The third-order valence-electron chi connectivity index (χ3n) is 1.08. The highest BCUT2D eigenvalue weighted by molar-refractivity contribution is 5.91. The Labute approximate surface area is 64.7 Å². The van der Waals surface area contributed by atoms with E-state index in [0.717, 1.165) is 0 Å². The zero-order valence-electron chi connectivity index (χ0n) is 5.95. The fraction of sp³-hybridized carbons (Fsp3) is 0.143. The van der Waals surface area contributed by atoms with Crippen LogP contribution in [0.2, 0.25) is 0 Å². The van der Waals surface area contributed by atoms with Gasteiger partial charge in [-0.1, -0.05) is 0 Å². The van der Waals surface area contributed by atoms with E-state index in [0.29, 0.717) is 12.2 Å². The Morgan fingerprint density at radius 1 is 1.64 bits per heavy atom. The van der Waals surface area contributed by atoms with E-state index in [9.17, 15) is 4.79 Å². The van der Waals surface area contributed by atoms with E-state index in [1.807, 2.05) is 0 Å². The average Bonchev–Trinajstić information content (AvgIpc) is 2.07. The second kappa shape index (κ2) is 3.65. The molecule has 0 unspecified atom stereocenters. The largest absolute Gasteiger partial charge is 0.351 e. The number of hydrogen-bond acceptors (Lipinski definition) is 3. The molecule has 4 heteroatoms. The first-order valence-corrected chi connectivity index (χ1v) is 3.18. The van der Waals surface area contributed by atoms with E-state index in [4.69, 9.17) is 0 Å². The molecular formula is C7H8N3O. The fourth-order valence-electron chi connectivity index (χ4n) is 0.620. The summed E-state index contributed by atoms with van der Waals surface area (Å²) in [6, 6.07) is 0. The molecule has 0 saturated carbocycles. The van der Waals surface area contributed by atoms with E-state index in [-0.39, 0.29) is 5.91 Å². The van der Waals surface area contributed by atoms with Crippen LogP contribution < -0.4 is 5.32 Å². The Morgan fingerprint density at radius 3 is 3.00 bits per heavy atom. The van der Waals surface area contributed by atoms with E-state index in [1.165, 1.54) is 18.6 Å². The molecule has 0 atom stereocenters. The van der Waals surface area contributed by atoms with E-state index >= 15 is 0 Å². The van der Waals surface area contributed by atoms with Crippen molar-refractivity contribution >= 4 is 5.91 Å². The monoisotopic (exact) mass is 150 g/mol. The number of carbonyl (C=O) groups is 1. The Hall–Kier alpha value is -1.45. The van der Waals surface area contributed by atoms with Crippen molar-refractivity contribution in [1.82, 2.24) is 15.3 Å². The van der Waals surface area contributed by atoms with Gasteiger partial charge in [-0.15, -0.1) is 0 Å². The predicted octanol–water partition coefficient (Wildman–Crippen LogP) is 0.0405. The van der Waals surface area contributed by atoms with Gasteiger partial charge in [-0.3, -0.25) is 9.78 Å². The highest BCUT2D eigenvalue weighted by Gasteiger charge is 2.02. The van der Waals surface area contributed by atoms with Crippen LogP contribution in [-0.4, -0.2) is 22.4 Å². The molecule has 1 N–H and O–H groups in total. The summed E-state index contributed by atoms with van der Waals surface area (Å²) in [7, 11) is 0. The highest BCUT2D eigenvalue weighted by Crippen LogP contribution is 1.87. The lowest BCUT2D eigenvalue weighted by molar-refractivity contribution is 0.0952. The summed E-state index contributed by atoms with van der Waals surface area (Å²) in [6.07, 6.45) is 4.39. The molecule has 57 valence electrons. The molecule has 1 amide bonds. The van der Waals surface area contributed by atoms with Gasteiger partial charge in [0.2, 0.25) is 0 Å². The zero-order chi connectivity index (χ0) is 8.10. The second-order valence-corrected chi connectivity index (χ2v) is 1.85. The molecule has 0 aromatic carbocycles. The standard InChI is InChI=1S/C7H8N3O/c1-2-9-7(11)6-5-8-3-4-10-6/h3-5H,1-2H2,(H,9,11). The summed E-state index contributed by atoms with van der Waals surface area (Å²) >= 11 is 0. The summed E-state index contributed by atoms with van der Waals surface area (Å²) < 4.78 is 0. The maximum Gasteiger partial charge on any atom is 0.271 e. The molecule has 1 radical (unpaired) electrons. The number of aromatic nitrogens is 2. The van der Waals surface area contributed by atoms with E-state index in [1.54, 1.807) is 0 Å². The molecule has 4 nitrogen and oxygen atoms in total. The van der Waals surface area contributed by atoms with Crippen LogP contribution in [-0.2, 0) is 0 Å². The number of carbonyl (C=O) groups excluding carboxylic acids is 1. The third kappa shape index (κ3) is 2.00. The van der Waals surface area contributed by atoms with Gasteiger partial charge in [-0.2, -0.15) is 0 Å². The Kier molecular flexibility index (Phi) is 2.54. The summed E-state index contributed by atoms with van der Waals surface area (Å²) in [5.74, 6) is -0.242. The molecule has 0 aliphatic heterocycles. The van der Waals surface area contributed by atoms with Gasteiger partial charge in [0.25, 0.3) is 5.91 Å². The second-order valence-electron chi connectivity index (χ2n) is 1.85. The molecular weight excluding hydrogens is 142 g/mol. The zero-order valence-corrected chi connectivity index (χ0v) is 5.95. The predicted molar refractivity (Wildman–Crippen MR) is 39.7 cm³/mol. The molecule has 1 heterocycles. The van der Waals surface area contributed by atoms with Crippen LogP contribution in [0.3, 0.4) is 0 Å². The van der Waals surface area contributed by atoms with Crippen LogP contribution in [0, 0.1) is 6.92 Å². The van der Waals surface area contributed by atoms with Gasteiger partial charge in [0, 0.05) is 18.9 Å². The summed E-state index contributed by atoms with van der Waals surface area (Å²) in [5, 5.41) is 2.51. The Morgan fingerprint density at radius 2 is 2.45 bits per heavy atom. The molecule has 1 aromatic heterocycles. The number of nitrogens with one attached hydrogen (secondary N) is 1. The Balaban J connectivity index is 2.69. The number of nitrogens with zero attached hydrogens (tertiary/aromatic N) is 2. The number of amides is 1. The van der Waals surface area contributed by atoms with Crippen molar-refractivity contribution in [3.05, 3.63) is 31.2 Å². The van der Waals surface area contributed by atoms with Crippen molar-refractivity contribution in [3.63, 3.8) is 0 Å². The average molecular weight is 150 g/mol. The van der Waals surface area contributed by atoms with Crippen LogP contribution in [0.25, 0.3) is 0 Å². The van der Waals surface area contributed by atoms with Crippen LogP contribution >= 0.6 is 0 Å². The maximum atomic E-state index is 11.0. The fourth-order valence-corrected chi connectivity index (χ4v) is 0.620. The molecule has 0 aliphatic carbocycles. The number of hydrogen-bond donors (Lipinski definition) is 1. The molecule has 0 aliphatic rings. The van der Waals surface area contributed by atoms with Gasteiger partial charge >= 0.3 is 0 Å². The van der Waals surface area contributed by atoms with Crippen LogP contribution in [0.15, 0.2) is 18.6 Å². The molecule has 0 bridgehead atoms. The van der Waals surface area contributed by atoms with E-state index in [2.05, 4.69) is 22.2 Å². The SMILES string of the molecule is [CH2]CNC(=O)c1cnccn1. The molecule has 1 aromatic rings. The van der Waals surface area contributed by atoms with Gasteiger partial charge in [-0.25, -0.2) is 4.98 Å². The van der Waals surface area contributed by atoms with Crippen LogP contribution in [0.1, 0.15) is 10.5 Å². The first-order chi connectivity index (χ1) is 5.34. The minimum Gasteiger partial charge on any atom is -0.351 e. The van der Waals surface area contributed by atoms with Gasteiger partial charge < -0.3 is 5.32 Å². The molecule has 1 rings (SSSR count). The topological polar surface area (TPSA) is 54.9 Å². The lowest BCUT2D eigenvalue weighted by Gasteiger charge is -1.98. The lowest BCUT2D eigenvalue weighted by Crippen LogP contribution is -2.23. The minimum atomic E-state index is -0.242. The first kappa shape index (κ1) is 7.65. The van der Waals surface area contributed by atoms with Crippen molar-refractivity contribution in [1.29, 1.82) is 0 Å². The lowest BCUT2D eigenvalue weighted by atomic mass is 10.4. The van der Waals surface area contributed by atoms with Gasteiger partial charge in [0.15, 0.2) is 0 Å². The summed E-state index contributed by atoms with van der Waals surface area (Å²) in [6.45, 7) is 3.83. The minimum absolute atomic E-state index is 0.242. The smallest absolute Gasteiger partial charge is 0.271 e. The van der Waals surface area contributed by atoms with Gasteiger partial charge in [0.1, 0.15) is 5.69 Å². The van der Waals surface area contributed by atoms with Crippen molar-refractivity contribution in [2.45, 2.75) is 0 Å². The third-order valence-corrected chi connectivity index (χ3v) is 1.08. The van der Waals surface area contributed by atoms with Crippen molar-refractivity contribution < 1.29 is 4.79 Å². The highest BCUT2D eigenvalue weighted by atomic mass is 16.1. The normalized spacial score (nSPS) is 9.18. The van der Waals surface area contributed by atoms with Gasteiger partial charge in [-0.05, 0) is 6.92 Å². The van der Waals surface area contributed by atoms with E-state index < -0.39 is 0 Å². The maximum absolute atomic E-state index is 11.0. The molecule has 0 fully saturated rings. The van der Waals surface area contributed by atoms with Crippen molar-refractivity contribution in [2.24, 2.45) is 0 Å². The number of rotatable bonds is 2. The Bertz CT molecular complexity index is 235. The van der Waals surface area contributed by atoms with Crippen LogP contribution in [0.5, 0.6) is 0 Å². The summed E-state index contributed by atoms with van der Waals surface area (Å²) in [4.78, 5) is 18.5. The quantitative estimate of drug-likeness (QED) is 0.647.